The Balaban J connectivity index is 2.15. The number of hydrogen-bond acceptors (Lipinski definition) is 2. The summed E-state index contributed by atoms with van der Waals surface area (Å²) in [7, 11) is 0. The highest BCUT2D eigenvalue weighted by molar-refractivity contribution is 7.16. The van der Waals surface area contributed by atoms with Gasteiger partial charge in [-0.2, -0.15) is 0 Å². The first kappa shape index (κ1) is 8.08. The molecule has 1 fully saturated rings. The summed E-state index contributed by atoms with van der Waals surface area (Å²) in [6, 6.07) is 3.88. The number of carbonyl (C=O) groups is 1. The maximum atomic E-state index is 10.9. The fourth-order valence-corrected chi connectivity index (χ4v) is 2.51. The second-order valence-corrected chi connectivity index (χ2v) is 4.59. The molecule has 1 aromatic heterocycles. The molecule has 1 amide bonds. The Hall–Kier alpha value is -0.540. The van der Waals surface area contributed by atoms with Gasteiger partial charge in [0, 0.05) is 23.8 Å². The van der Waals surface area contributed by atoms with E-state index in [9.17, 15) is 4.79 Å². The summed E-state index contributed by atoms with van der Waals surface area (Å²) in [6.07, 6.45) is 0.608. The second kappa shape index (κ2) is 3.07. The van der Waals surface area contributed by atoms with E-state index in [0.717, 1.165) is 10.9 Å². The molecule has 0 spiro atoms. The Morgan fingerprint density at radius 1 is 1.58 bits per heavy atom. The zero-order valence-electron chi connectivity index (χ0n) is 6.34. The van der Waals surface area contributed by atoms with Gasteiger partial charge in [0.2, 0.25) is 5.91 Å². The van der Waals surface area contributed by atoms with E-state index in [1.807, 2.05) is 12.1 Å². The lowest BCUT2D eigenvalue weighted by molar-refractivity contribution is -0.119. The average Bonchev–Trinajstić information content (AvgIpc) is 2.58. The average molecular weight is 202 g/mol. The molecule has 2 rings (SSSR count). The first-order chi connectivity index (χ1) is 5.75. The molecule has 1 saturated heterocycles. The molecule has 0 radical (unpaired) electrons. The zero-order valence-corrected chi connectivity index (χ0v) is 7.91. The first-order valence-corrected chi connectivity index (χ1v) is 4.97. The minimum Gasteiger partial charge on any atom is -0.355 e. The van der Waals surface area contributed by atoms with Crippen LogP contribution in [0, 0.1) is 0 Å². The topological polar surface area (TPSA) is 29.1 Å². The Labute approximate surface area is 79.5 Å². The zero-order chi connectivity index (χ0) is 8.55. The van der Waals surface area contributed by atoms with Crippen molar-refractivity contribution in [2.24, 2.45) is 0 Å². The minimum absolute atomic E-state index is 0.143. The maximum absolute atomic E-state index is 10.9. The van der Waals surface area contributed by atoms with E-state index < -0.39 is 0 Å². The van der Waals surface area contributed by atoms with Crippen molar-refractivity contribution in [3.8, 4) is 0 Å². The molecule has 4 heteroatoms. The molecular weight excluding hydrogens is 194 g/mol. The maximum Gasteiger partial charge on any atom is 0.220 e. The molecule has 1 atom stereocenters. The standard InChI is InChI=1S/C8H8ClNOS/c9-7-2-1-6(12-7)5-3-8(11)10-4-5/h1-2,5H,3-4H2,(H,10,11). The third-order valence-corrected chi connectivity index (χ3v) is 3.37. The van der Waals surface area contributed by atoms with Crippen LogP contribution in [0.15, 0.2) is 12.1 Å². The van der Waals surface area contributed by atoms with E-state index in [2.05, 4.69) is 5.32 Å². The van der Waals surface area contributed by atoms with Crippen LogP contribution in [0.25, 0.3) is 0 Å². The molecule has 1 aromatic rings. The molecule has 2 heterocycles. The van der Waals surface area contributed by atoms with Crippen molar-refractivity contribution in [2.45, 2.75) is 12.3 Å². The molecule has 64 valence electrons. The van der Waals surface area contributed by atoms with Gasteiger partial charge in [-0.25, -0.2) is 0 Å². The Bertz CT molecular complexity index is 310. The third-order valence-electron chi connectivity index (χ3n) is 1.97. The van der Waals surface area contributed by atoms with Crippen molar-refractivity contribution in [1.82, 2.24) is 5.32 Å². The van der Waals surface area contributed by atoms with Gasteiger partial charge in [-0.3, -0.25) is 4.79 Å². The van der Waals surface area contributed by atoms with Crippen LogP contribution in [0.3, 0.4) is 0 Å². The predicted octanol–water partition coefficient (Wildman–Crippen LogP) is 2.01. The second-order valence-electron chi connectivity index (χ2n) is 2.85. The summed E-state index contributed by atoms with van der Waals surface area (Å²) >= 11 is 7.35. The number of rotatable bonds is 1. The smallest absolute Gasteiger partial charge is 0.220 e. The van der Waals surface area contributed by atoms with E-state index >= 15 is 0 Å². The Kier molecular flexibility index (Phi) is 2.07. The van der Waals surface area contributed by atoms with Gasteiger partial charge in [0.15, 0.2) is 0 Å². The summed E-state index contributed by atoms with van der Waals surface area (Å²) in [5.74, 6) is 0.486. The van der Waals surface area contributed by atoms with Crippen molar-refractivity contribution in [3.63, 3.8) is 0 Å². The Morgan fingerprint density at radius 2 is 2.42 bits per heavy atom. The number of hydrogen-bond donors (Lipinski definition) is 1. The molecule has 2 nitrogen and oxygen atoms in total. The largest absolute Gasteiger partial charge is 0.355 e. The highest BCUT2D eigenvalue weighted by Crippen LogP contribution is 2.31. The van der Waals surface area contributed by atoms with E-state index in [0.29, 0.717) is 12.3 Å². The molecular formula is C8H8ClNOS. The van der Waals surface area contributed by atoms with Gasteiger partial charge in [-0.1, -0.05) is 11.6 Å². The lowest BCUT2D eigenvalue weighted by atomic mass is 10.1. The molecule has 1 unspecified atom stereocenters. The van der Waals surface area contributed by atoms with E-state index in [-0.39, 0.29) is 5.91 Å². The fraction of sp³-hybridized carbons (Fsp3) is 0.375. The molecule has 0 aliphatic carbocycles. The minimum atomic E-state index is 0.143. The molecule has 0 saturated carbocycles. The van der Waals surface area contributed by atoms with Crippen LogP contribution in [0.5, 0.6) is 0 Å². The van der Waals surface area contributed by atoms with E-state index in [4.69, 9.17) is 11.6 Å². The van der Waals surface area contributed by atoms with E-state index in [1.165, 1.54) is 4.88 Å². The SMILES string of the molecule is O=C1CC(c2ccc(Cl)s2)CN1. The normalized spacial score (nSPS) is 22.8. The van der Waals surface area contributed by atoms with Gasteiger partial charge >= 0.3 is 0 Å². The first-order valence-electron chi connectivity index (χ1n) is 3.77. The molecule has 1 aliphatic heterocycles. The van der Waals surface area contributed by atoms with Gasteiger partial charge in [-0.05, 0) is 12.1 Å². The van der Waals surface area contributed by atoms with Gasteiger partial charge in [0.1, 0.15) is 0 Å². The van der Waals surface area contributed by atoms with Crippen molar-refractivity contribution in [1.29, 1.82) is 0 Å². The summed E-state index contributed by atoms with van der Waals surface area (Å²) < 4.78 is 0.796. The Morgan fingerprint density at radius 3 is 2.92 bits per heavy atom. The molecule has 0 aromatic carbocycles. The molecule has 12 heavy (non-hydrogen) atoms. The van der Waals surface area contributed by atoms with Crippen LogP contribution in [0.2, 0.25) is 4.34 Å². The number of nitrogens with one attached hydrogen (secondary N) is 1. The summed E-state index contributed by atoms with van der Waals surface area (Å²) in [5.41, 5.74) is 0. The molecule has 0 bridgehead atoms. The monoisotopic (exact) mass is 201 g/mol. The van der Waals surface area contributed by atoms with Gasteiger partial charge < -0.3 is 5.32 Å². The van der Waals surface area contributed by atoms with Crippen LogP contribution in [-0.4, -0.2) is 12.5 Å². The van der Waals surface area contributed by atoms with Crippen molar-refractivity contribution >= 4 is 28.8 Å². The van der Waals surface area contributed by atoms with Crippen LogP contribution < -0.4 is 5.32 Å². The van der Waals surface area contributed by atoms with Gasteiger partial charge in [0.25, 0.3) is 0 Å². The lowest BCUT2D eigenvalue weighted by Gasteiger charge is -2.00. The van der Waals surface area contributed by atoms with Crippen LogP contribution in [-0.2, 0) is 4.79 Å². The lowest BCUT2D eigenvalue weighted by Crippen LogP contribution is -2.13. The van der Waals surface area contributed by atoms with Crippen LogP contribution in [0.4, 0.5) is 0 Å². The highest BCUT2D eigenvalue weighted by Gasteiger charge is 2.23. The van der Waals surface area contributed by atoms with Gasteiger partial charge in [-0.15, -0.1) is 11.3 Å². The van der Waals surface area contributed by atoms with Crippen LogP contribution in [0.1, 0.15) is 17.2 Å². The summed E-state index contributed by atoms with van der Waals surface area (Å²) in [4.78, 5) is 12.1. The summed E-state index contributed by atoms with van der Waals surface area (Å²) in [5, 5.41) is 2.80. The van der Waals surface area contributed by atoms with Crippen molar-refractivity contribution in [3.05, 3.63) is 21.3 Å². The number of halogens is 1. The predicted molar refractivity (Wildman–Crippen MR) is 49.7 cm³/mol. The number of carbonyl (C=O) groups excluding carboxylic acids is 1. The number of thiophene rings is 1. The fourth-order valence-electron chi connectivity index (χ4n) is 1.35. The van der Waals surface area contributed by atoms with Gasteiger partial charge in [0.05, 0.1) is 4.34 Å². The highest BCUT2D eigenvalue weighted by atomic mass is 35.5. The van der Waals surface area contributed by atoms with E-state index in [1.54, 1.807) is 11.3 Å². The number of amides is 1. The van der Waals surface area contributed by atoms with Crippen molar-refractivity contribution in [2.75, 3.05) is 6.54 Å². The third kappa shape index (κ3) is 1.47. The van der Waals surface area contributed by atoms with Crippen molar-refractivity contribution < 1.29 is 4.79 Å². The molecule has 1 N–H and O–H groups in total. The molecule has 1 aliphatic rings. The quantitative estimate of drug-likeness (QED) is 0.740. The summed E-state index contributed by atoms with van der Waals surface area (Å²) in [6.45, 7) is 0.760. The van der Waals surface area contributed by atoms with Crippen LogP contribution >= 0.6 is 22.9 Å².